The van der Waals surface area contributed by atoms with Gasteiger partial charge >= 0.3 is 0 Å². The van der Waals surface area contributed by atoms with Gasteiger partial charge in [0.25, 0.3) is 0 Å². The zero-order valence-electron chi connectivity index (χ0n) is 12.0. The van der Waals surface area contributed by atoms with Crippen molar-refractivity contribution in [2.24, 2.45) is 5.92 Å². The highest BCUT2D eigenvalue weighted by molar-refractivity contribution is 5.94. The summed E-state index contributed by atoms with van der Waals surface area (Å²) in [7, 11) is 2.07. The first-order valence-electron chi connectivity index (χ1n) is 6.91. The molecule has 0 saturated carbocycles. The number of hydrogen-bond donors (Lipinski definition) is 2. The van der Waals surface area contributed by atoms with E-state index in [0.717, 1.165) is 31.6 Å². The lowest BCUT2D eigenvalue weighted by Crippen LogP contribution is -2.35. The topological polar surface area (TPSA) is 61.4 Å². The molecular formula is C15H21N3O2. The summed E-state index contributed by atoms with van der Waals surface area (Å²) in [5.74, 6) is 0.0255. The molecule has 1 heterocycles. The third-order valence-corrected chi connectivity index (χ3v) is 3.54. The maximum absolute atomic E-state index is 12.2. The van der Waals surface area contributed by atoms with E-state index in [0.29, 0.717) is 5.69 Å². The van der Waals surface area contributed by atoms with Crippen LogP contribution in [0.1, 0.15) is 19.8 Å². The molecular weight excluding hydrogens is 254 g/mol. The van der Waals surface area contributed by atoms with Crippen molar-refractivity contribution in [2.45, 2.75) is 19.8 Å². The molecule has 0 radical (unpaired) electrons. The molecule has 0 spiro atoms. The third-order valence-electron chi connectivity index (χ3n) is 3.54. The fraction of sp³-hybridized carbons (Fsp3) is 0.467. The molecule has 108 valence electrons. The highest BCUT2D eigenvalue weighted by Crippen LogP contribution is 2.20. The number of amides is 2. The molecule has 1 aromatic rings. The molecule has 1 aliphatic rings. The SMILES string of the molecule is CC(=O)Nc1cccc(NC(=O)C2CCN(C)CC2)c1. The van der Waals surface area contributed by atoms with Crippen LogP contribution >= 0.6 is 0 Å². The number of nitrogens with one attached hydrogen (secondary N) is 2. The molecule has 1 aliphatic heterocycles. The van der Waals surface area contributed by atoms with Crippen molar-refractivity contribution >= 4 is 23.2 Å². The second kappa shape index (κ2) is 6.52. The molecule has 1 fully saturated rings. The van der Waals surface area contributed by atoms with E-state index in [9.17, 15) is 9.59 Å². The average Bonchev–Trinajstić information content (AvgIpc) is 2.39. The van der Waals surface area contributed by atoms with Gasteiger partial charge in [0.1, 0.15) is 0 Å². The van der Waals surface area contributed by atoms with Crippen molar-refractivity contribution in [1.29, 1.82) is 0 Å². The Kier molecular flexibility index (Phi) is 4.74. The zero-order chi connectivity index (χ0) is 14.5. The van der Waals surface area contributed by atoms with Gasteiger partial charge in [0.05, 0.1) is 0 Å². The molecule has 5 nitrogen and oxygen atoms in total. The number of carbonyl (C=O) groups is 2. The summed E-state index contributed by atoms with van der Waals surface area (Å²) in [6.07, 6.45) is 1.79. The predicted octanol–water partition coefficient (Wildman–Crippen LogP) is 1.93. The summed E-state index contributed by atoms with van der Waals surface area (Å²) in [5.41, 5.74) is 1.42. The largest absolute Gasteiger partial charge is 0.326 e. The Morgan fingerprint density at radius 2 is 1.75 bits per heavy atom. The van der Waals surface area contributed by atoms with E-state index < -0.39 is 0 Å². The summed E-state index contributed by atoms with van der Waals surface area (Å²) in [5, 5.41) is 5.64. The molecule has 1 aromatic carbocycles. The Balaban J connectivity index is 1.95. The molecule has 1 saturated heterocycles. The van der Waals surface area contributed by atoms with E-state index in [1.54, 1.807) is 12.1 Å². The lowest BCUT2D eigenvalue weighted by molar-refractivity contribution is -0.121. The van der Waals surface area contributed by atoms with Crippen molar-refractivity contribution in [1.82, 2.24) is 4.90 Å². The van der Waals surface area contributed by atoms with Crippen molar-refractivity contribution in [2.75, 3.05) is 30.8 Å². The molecule has 0 unspecified atom stereocenters. The van der Waals surface area contributed by atoms with Gasteiger partial charge in [-0.2, -0.15) is 0 Å². The van der Waals surface area contributed by atoms with Crippen LogP contribution in [0.3, 0.4) is 0 Å². The Morgan fingerprint density at radius 1 is 1.15 bits per heavy atom. The normalized spacial score (nSPS) is 16.7. The van der Waals surface area contributed by atoms with E-state index in [2.05, 4.69) is 22.6 Å². The molecule has 0 atom stereocenters. The van der Waals surface area contributed by atoms with Crippen LogP contribution in [0.15, 0.2) is 24.3 Å². The van der Waals surface area contributed by atoms with Crippen LogP contribution < -0.4 is 10.6 Å². The number of carbonyl (C=O) groups excluding carboxylic acids is 2. The van der Waals surface area contributed by atoms with Crippen LogP contribution in [-0.2, 0) is 9.59 Å². The first-order chi connectivity index (χ1) is 9.54. The molecule has 0 aliphatic carbocycles. The summed E-state index contributed by atoms with van der Waals surface area (Å²) >= 11 is 0. The summed E-state index contributed by atoms with van der Waals surface area (Å²) < 4.78 is 0. The maximum Gasteiger partial charge on any atom is 0.227 e. The molecule has 0 aromatic heterocycles. The van der Waals surface area contributed by atoms with E-state index in [-0.39, 0.29) is 17.7 Å². The van der Waals surface area contributed by atoms with Crippen molar-refractivity contribution in [3.63, 3.8) is 0 Å². The minimum atomic E-state index is -0.121. The first-order valence-corrected chi connectivity index (χ1v) is 6.91. The Hall–Kier alpha value is -1.88. The van der Waals surface area contributed by atoms with E-state index in [1.807, 2.05) is 12.1 Å². The second-order valence-corrected chi connectivity index (χ2v) is 5.33. The number of benzene rings is 1. The van der Waals surface area contributed by atoms with Crippen LogP contribution in [0.25, 0.3) is 0 Å². The molecule has 2 amide bonds. The van der Waals surface area contributed by atoms with Gasteiger partial charge in [-0.05, 0) is 51.2 Å². The van der Waals surface area contributed by atoms with E-state index in [4.69, 9.17) is 0 Å². The van der Waals surface area contributed by atoms with Crippen molar-refractivity contribution in [3.8, 4) is 0 Å². The number of rotatable bonds is 3. The molecule has 2 rings (SSSR count). The van der Waals surface area contributed by atoms with E-state index >= 15 is 0 Å². The van der Waals surface area contributed by atoms with Crippen molar-refractivity contribution < 1.29 is 9.59 Å². The number of nitrogens with zero attached hydrogens (tertiary/aromatic N) is 1. The van der Waals surface area contributed by atoms with Crippen LogP contribution in [0.4, 0.5) is 11.4 Å². The van der Waals surface area contributed by atoms with Crippen LogP contribution in [0.5, 0.6) is 0 Å². The standard InChI is InChI=1S/C15H21N3O2/c1-11(19)16-13-4-3-5-14(10-13)17-15(20)12-6-8-18(2)9-7-12/h3-5,10,12H,6-9H2,1-2H3,(H,16,19)(H,17,20). The van der Waals surface area contributed by atoms with Gasteiger partial charge in [0, 0.05) is 24.2 Å². The molecule has 20 heavy (non-hydrogen) atoms. The van der Waals surface area contributed by atoms with Gasteiger partial charge in [-0.3, -0.25) is 9.59 Å². The lowest BCUT2D eigenvalue weighted by Gasteiger charge is -2.28. The fourth-order valence-corrected chi connectivity index (χ4v) is 2.39. The summed E-state index contributed by atoms with van der Waals surface area (Å²) in [6, 6.07) is 7.22. The maximum atomic E-state index is 12.2. The Morgan fingerprint density at radius 3 is 2.35 bits per heavy atom. The number of likely N-dealkylation sites (tertiary alicyclic amines) is 1. The summed E-state index contributed by atoms with van der Waals surface area (Å²) in [6.45, 7) is 3.39. The fourth-order valence-electron chi connectivity index (χ4n) is 2.39. The highest BCUT2D eigenvalue weighted by atomic mass is 16.2. The smallest absolute Gasteiger partial charge is 0.227 e. The van der Waals surface area contributed by atoms with Crippen LogP contribution in [-0.4, -0.2) is 36.9 Å². The average molecular weight is 275 g/mol. The highest BCUT2D eigenvalue weighted by Gasteiger charge is 2.23. The Labute approximate surface area is 119 Å². The van der Waals surface area contributed by atoms with Crippen molar-refractivity contribution in [3.05, 3.63) is 24.3 Å². The minimum Gasteiger partial charge on any atom is -0.326 e. The van der Waals surface area contributed by atoms with Gasteiger partial charge in [0.2, 0.25) is 11.8 Å². The lowest BCUT2D eigenvalue weighted by atomic mass is 9.96. The van der Waals surface area contributed by atoms with Crippen LogP contribution in [0.2, 0.25) is 0 Å². The molecule has 2 N–H and O–H groups in total. The molecule has 0 bridgehead atoms. The molecule has 5 heteroatoms. The Bertz CT molecular complexity index is 494. The second-order valence-electron chi connectivity index (χ2n) is 5.33. The van der Waals surface area contributed by atoms with Gasteiger partial charge in [0.15, 0.2) is 0 Å². The van der Waals surface area contributed by atoms with Gasteiger partial charge in [-0.15, -0.1) is 0 Å². The van der Waals surface area contributed by atoms with Gasteiger partial charge in [-0.25, -0.2) is 0 Å². The van der Waals surface area contributed by atoms with E-state index in [1.165, 1.54) is 6.92 Å². The minimum absolute atomic E-state index is 0.0677. The van der Waals surface area contributed by atoms with Gasteiger partial charge in [-0.1, -0.05) is 6.07 Å². The number of hydrogen-bond acceptors (Lipinski definition) is 3. The first kappa shape index (κ1) is 14.5. The van der Waals surface area contributed by atoms with Gasteiger partial charge < -0.3 is 15.5 Å². The predicted molar refractivity (Wildman–Crippen MR) is 79.6 cm³/mol. The summed E-state index contributed by atoms with van der Waals surface area (Å²) in [4.78, 5) is 25.4. The van der Waals surface area contributed by atoms with Crippen LogP contribution in [0, 0.1) is 5.92 Å². The number of piperidine rings is 1. The monoisotopic (exact) mass is 275 g/mol. The zero-order valence-corrected chi connectivity index (χ0v) is 12.0. The number of anilines is 2. The third kappa shape index (κ3) is 4.06. The quantitative estimate of drug-likeness (QED) is 0.886.